The van der Waals surface area contributed by atoms with E-state index in [1.807, 2.05) is 24.3 Å². The zero-order valence-electron chi connectivity index (χ0n) is 20.4. The van der Waals surface area contributed by atoms with Crippen LogP contribution in [-0.2, 0) is 6.42 Å². The zero-order chi connectivity index (χ0) is 23.2. The monoisotopic (exact) mass is 450 g/mol. The van der Waals surface area contributed by atoms with Gasteiger partial charge < -0.3 is 4.42 Å². The molecule has 0 unspecified atom stereocenters. The normalized spacial score (nSPS) is 18.9. The summed E-state index contributed by atoms with van der Waals surface area (Å²) in [4.78, 5) is 12.8. The first-order chi connectivity index (χ1) is 16.1. The van der Waals surface area contributed by atoms with Crippen LogP contribution in [0, 0.1) is 11.7 Å². The molecule has 0 radical (unpaired) electrons. The van der Waals surface area contributed by atoms with Crippen LogP contribution in [0.1, 0.15) is 108 Å². The fraction of sp³-hybridized carbons (Fsp3) is 0.567. The third kappa shape index (κ3) is 5.50. The SMILES string of the molecule is CCCCCCC1CCC(c2ccc3c(c2)c(=O)oc2c(F)c(CCCCC)ccc23)CC1. The van der Waals surface area contributed by atoms with Gasteiger partial charge in [-0.2, -0.15) is 0 Å². The molecular weight excluding hydrogens is 411 g/mol. The van der Waals surface area contributed by atoms with E-state index < -0.39 is 5.63 Å². The lowest BCUT2D eigenvalue weighted by atomic mass is 9.77. The van der Waals surface area contributed by atoms with Crippen LogP contribution in [0.3, 0.4) is 0 Å². The molecule has 3 aromatic rings. The summed E-state index contributed by atoms with van der Waals surface area (Å²) >= 11 is 0. The summed E-state index contributed by atoms with van der Waals surface area (Å²) in [5, 5.41) is 2.08. The summed E-state index contributed by atoms with van der Waals surface area (Å²) in [6, 6.07) is 9.97. The minimum atomic E-state index is -0.423. The molecule has 1 aliphatic rings. The van der Waals surface area contributed by atoms with Crippen molar-refractivity contribution in [3.63, 3.8) is 0 Å². The predicted molar refractivity (Wildman–Crippen MR) is 137 cm³/mol. The molecule has 0 aliphatic heterocycles. The van der Waals surface area contributed by atoms with E-state index in [0.717, 1.165) is 30.6 Å². The lowest BCUT2D eigenvalue weighted by molar-refractivity contribution is 0.302. The molecule has 1 aliphatic carbocycles. The average molecular weight is 451 g/mol. The van der Waals surface area contributed by atoms with Gasteiger partial charge in [0.05, 0.1) is 5.39 Å². The van der Waals surface area contributed by atoms with Gasteiger partial charge in [0.1, 0.15) is 0 Å². The minimum absolute atomic E-state index is 0.109. The number of halogens is 1. The van der Waals surface area contributed by atoms with E-state index >= 15 is 4.39 Å². The fourth-order valence-corrected chi connectivity index (χ4v) is 5.68. The maximum atomic E-state index is 15.1. The van der Waals surface area contributed by atoms with Gasteiger partial charge >= 0.3 is 5.63 Å². The highest BCUT2D eigenvalue weighted by molar-refractivity contribution is 6.04. The van der Waals surface area contributed by atoms with Crippen molar-refractivity contribution in [2.75, 3.05) is 0 Å². The third-order valence-corrected chi connectivity index (χ3v) is 7.76. The van der Waals surface area contributed by atoms with Crippen molar-refractivity contribution >= 4 is 21.7 Å². The molecule has 3 heteroatoms. The van der Waals surface area contributed by atoms with Crippen LogP contribution in [-0.4, -0.2) is 0 Å². The van der Waals surface area contributed by atoms with Crippen LogP contribution in [0.15, 0.2) is 39.5 Å². The average Bonchev–Trinajstić information content (AvgIpc) is 2.84. The number of rotatable bonds is 10. The highest BCUT2D eigenvalue weighted by Crippen LogP contribution is 2.39. The van der Waals surface area contributed by atoms with E-state index in [4.69, 9.17) is 4.42 Å². The fourth-order valence-electron chi connectivity index (χ4n) is 5.68. The Balaban J connectivity index is 1.52. The Hall–Kier alpha value is -2.16. The summed E-state index contributed by atoms with van der Waals surface area (Å²) in [7, 11) is 0. The van der Waals surface area contributed by atoms with Crippen molar-refractivity contribution in [2.45, 2.75) is 103 Å². The number of hydrogen-bond donors (Lipinski definition) is 0. The van der Waals surface area contributed by atoms with Crippen LogP contribution in [0.25, 0.3) is 21.7 Å². The lowest BCUT2D eigenvalue weighted by Gasteiger charge is -2.29. The molecule has 0 atom stereocenters. The van der Waals surface area contributed by atoms with E-state index in [1.165, 1.54) is 63.4 Å². The quantitative estimate of drug-likeness (QED) is 0.175. The topological polar surface area (TPSA) is 30.2 Å². The zero-order valence-corrected chi connectivity index (χ0v) is 20.4. The van der Waals surface area contributed by atoms with Crippen LogP contribution >= 0.6 is 0 Å². The molecule has 4 rings (SSSR count). The molecule has 1 heterocycles. The maximum Gasteiger partial charge on any atom is 0.344 e. The molecular formula is C30H39FO2. The number of aryl methyl sites for hydroxylation is 1. The van der Waals surface area contributed by atoms with Gasteiger partial charge in [0.25, 0.3) is 0 Å². The highest BCUT2D eigenvalue weighted by atomic mass is 19.1. The first-order valence-corrected chi connectivity index (χ1v) is 13.3. The van der Waals surface area contributed by atoms with E-state index in [2.05, 4.69) is 19.9 Å². The van der Waals surface area contributed by atoms with Gasteiger partial charge in [0.15, 0.2) is 11.4 Å². The lowest BCUT2D eigenvalue weighted by Crippen LogP contribution is -2.14. The second-order valence-electron chi connectivity index (χ2n) is 10.1. The van der Waals surface area contributed by atoms with Gasteiger partial charge in [-0.05, 0) is 67.6 Å². The molecule has 33 heavy (non-hydrogen) atoms. The molecule has 2 nitrogen and oxygen atoms in total. The van der Waals surface area contributed by atoms with Gasteiger partial charge in [0, 0.05) is 10.8 Å². The molecule has 0 amide bonds. The molecule has 0 N–H and O–H groups in total. The van der Waals surface area contributed by atoms with Crippen molar-refractivity contribution in [1.82, 2.24) is 0 Å². The van der Waals surface area contributed by atoms with Gasteiger partial charge in [-0.15, -0.1) is 0 Å². The molecule has 1 fully saturated rings. The standard InChI is InChI=1S/C30H39FO2/c1-3-5-7-9-10-21-12-14-22(15-13-21)24-17-18-25-26-19-16-23(11-8-6-4-2)28(31)29(26)33-30(32)27(25)20-24/h16-22H,3-15H2,1-2H3. The first-order valence-electron chi connectivity index (χ1n) is 13.3. The van der Waals surface area contributed by atoms with Crippen LogP contribution < -0.4 is 5.63 Å². The molecule has 178 valence electrons. The largest absolute Gasteiger partial charge is 0.419 e. The van der Waals surface area contributed by atoms with E-state index in [1.54, 1.807) is 0 Å². The van der Waals surface area contributed by atoms with Crippen molar-refractivity contribution in [3.8, 4) is 0 Å². The molecule has 0 saturated heterocycles. The number of unbranched alkanes of at least 4 members (excludes halogenated alkanes) is 5. The second-order valence-corrected chi connectivity index (χ2v) is 10.1. The molecule has 0 bridgehead atoms. The minimum Gasteiger partial charge on any atom is -0.419 e. The van der Waals surface area contributed by atoms with Gasteiger partial charge in [0.2, 0.25) is 0 Å². The Morgan fingerprint density at radius 2 is 1.58 bits per heavy atom. The molecule has 1 saturated carbocycles. The molecule has 2 aromatic carbocycles. The van der Waals surface area contributed by atoms with E-state index in [9.17, 15) is 4.79 Å². The smallest absolute Gasteiger partial charge is 0.344 e. The molecule has 0 spiro atoms. The Kier molecular flexibility index (Phi) is 8.22. The first kappa shape index (κ1) is 24.0. The van der Waals surface area contributed by atoms with E-state index in [-0.39, 0.29) is 11.4 Å². The Bertz CT molecular complexity index is 1120. The van der Waals surface area contributed by atoms with Crippen LogP contribution in [0.5, 0.6) is 0 Å². The van der Waals surface area contributed by atoms with Crippen molar-refractivity contribution in [1.29, 1.82) is 0 Å². The van der Waals surface area contributed by atoms with Crippen LogP contribution in [0.4, 0.5) is 4.39 Å². The van der Waals surface area contributed by atoms with Crippen molar-refractivity contribution in [3.05, 3.63) is 57.7 Å². The number of benzene rings is 2. The van der Waals surface area contributed by atoms with Gasteiger partial charge in [-0.25, -0.2) is 9.18 Å². The van der Waals surface area contributed by atoms with Crippen LogP contribution in [0.2, 0.25) is 0 Å². The Morgan fingerprint density at radius 1 is 0.848 bits per heavy atom. The maximum absolute atomic E-state index is 15.1. The van der Waals surface area contributed by atoms with Crippen molar-refractivity contribution < 1.29 is 8.81 Å². The summed E-state index contributed by atoms with van der Waals surface area (Å²) in [6.45, 7) is 4.40. The van der Waals surface area contributed by atoms with Crippen molar-refractivity contribution in [2.24, 2.45) is 5.92 Å². The van der Waals surface area contributed by atoms with E-state index in [0.29, 0.717) is 28.7 Å². The summed E-state index contributed by atoms with van der Waals surface area (Å²) in [5.41, 5.74) is 1.56. The number of hydrogen-bond acceptors (Lipinski definition) is 2. The summed E-state index contributed by atoms with van der Waals surface area (Å²) < 4.78 is 20.7. The second kappa shape index (κ2) is 11.3. The number of fused-ring (bicyclic) bond motifs is 3. The highest BCUT2D eigenvalue weighted by Gasteiger charge is 2.23. The van der Waals surface area contributed by atoms with Gasteiger partial charge in [-0.3, -0.25) is 0 Å². The Morgan fingerprint density at radius 3 is 2.33 bits per heavy atom. The summed E-state index contributed by atoms with van der Waals surface area (Å²) in [5.74, 6) is 1.00. The third-order valence-electron chi connectivity index (χ3n) is 7.76. The molecule has 1 aromatic heterocycles. The predicted octanol–water partition coefficient (Wildman–Crippen LogP) is 9.06. The van der Waals surface area contributed by atoms with Gasteiger partial charge in [-0.1, -0.05) is 83.1 Å². The Labute approximate surface area is 197 Å². The summed E-state index contributed by atoms with van der Waals surface area (Å²) in [6.07, 6.45) is 15.5.